The maximum Gasteiger partial charge on any atom is 0.244 e. The van der Waals surface area contributed by atoms with Crippen LogP contribution in [0, 0.1) is 6.92 Å². The minimum atomic E-state index is -3.81. The molecule has 224 valence electrons. The standard InChI is InChI=1S/C33H41N3O5S/c1-25-12-10-18-29(20-25)36(42(3,39)40)24-32(37)35(23-27-15-11-19-30(21-27)41-2)31(22-26-13-6-4-7-14-26)33(38)34-28-16-8-5-9-17-28/h4,6-7,10-15,18-21,28,31H,5,8-9,16-17,22-24H2,1-3H3,(H,34,38). The van der Waals surface area contributed by atoms with E-state index < -0.39 is 28.5 Å². The molecule has 2 amide bonds. The van der Waals surface area contributed by atoms with Crippen molar-refractivity contribution in [3.05, 3.63) is 95.6 Å². The van der Waals surface area contributed by atoms with Crippen molar-refractivity contribution in [2.75, 3.05) is 24.2 Å². The van der Waals surface area contributed by atoms with Crippen molar-refractivity contribution in [3.8, 4) is 5.75 Å². The fraction of sp³-hybridized carbons (Fsp3) is 0.394. The monoisotopic (exact) mass is 591 g/mol. The maximum atomic E-state index is 14.3. The summed E-state index contributed by atoms with van der Waals surface area (Å²) in [6.45, 7) is 1.54. The molecule has 1 aliphatic rings. The number of carbonyl (C=O) groups excluding carboxylic acids is 2. The van der Waals surface area contributed by atoms with E-state index in [1.807, 2.05) is 67.6 Å². The Labute approximate surface area is 249 Å². The molecule has 0 radical (unpaired) electrons. The van der Waals surface area contributed by atoms with E-state index in [2.05, 4.69) is 5.32 Å². The Kier molecular flexibility index (Phi) is 10.6. The highest BCUT2D eigenvalue weighted by Gasteiger charge is 2.34. The zero-order valence-corrected chi connectivity index (χ0v) is 25.5. The minimum absolute atomic E-state index is 0.0538. The van der Waals surface area contributed by atoms with Gasteiger partial charge in [-0.3, -0.25) is 13.9 Å². The predicted molar refractivity (Wildman–Crippen MR) is 166 cm³/mol. The first kappa shape index (κ1) is 31.1. The summed E-state index contributed by atoms with van der Waals surface area (Å²) in [6, 6.07) is 23.2. The minimum Gasteiger partial charge on any atom is -0.497 e. The lowest BCUT2D eigenvalue weighted by Crippen LogP contribution is -2.55. The molecule has 4 rings (SSSR count). The molecule has 1 atom stereocenters. The van der Waals surface area contributed by atoms with Gasteiger partial charge >= 0.3 is 0 Å². The second-order valence-corrected chi connectivity index (χ2v) is 12.9. The molecule has 8 nitrogen and oxygen atoms in total. The number of hydrogen-bond acceptors (Lipinski definition) is 5. The van der Waals surface area contributed by atoms with E-state index in [1.54, 1.807) is 25.3 Å². The number of anilines is 1. The van der Waals surface area contributed by atoms with Gasteiger partial charge in [0.1, 0.15) is 18.3 Å². The van der Waals surface area contributed by atoms with Gasteiger partial charge in [-0.15, -0.1) is 0 Å². The smallest absolute Gasteiger partial charge is 0.244 e. The van der Waals surface area contributed by atoms with Gasteiger partial charge in [-0.2, -0.15) is 0 Å². The van der Waals surface area contributed by atoms with Crippen molar-refractivity contribution in [2.24, 2.45) is 0 Å². The normalized spacial score (nSPS) is 14.5. The highest BCUT2D eigenvalue weighted by molar-refractivity contribution is 7.92. The zero-order valence-electron chi connectivity index (χ0n) is 24.7. The molecule has 0 saturated heterocycles. The Morgan fingerprint density at radius 2 is 1.62 bits per heavy atom. The van der Waals surface area contributed by atoms with Gasteiger partial charge in [0.25, 0.3) is 0 Å². The molecule has 3 aromatic carbocycles. The number of aryl methyl sites for hydroxylation is 1. The topological polar surface area (TPSA) is 96.0 Å². The van der Waals surface area contributed by atoms with Gasteiger partial charge in [0, 0.05) is 19.0 Å². The third-order valence-electron chi connectivity index (χ3n) is 7.68. The molecule has 1 fully saturated rings. The number of carbonyl (C=O) groups is 2. The third-order valence-corrected chi connectivity index (χ3v) is 8.82. The van der Waals surface area contributed by atoms with Gasteiger partial charge in [0.2, 0.25) is 21.8 Å². The number of rotatable bonds is 12. The first-order valence-electron chi connectivity index (χ1n) is 14.4. The molecule has 0 spiro atoms. The number of amides is 2. The van der Waals surface area contributed by atoms with Crippen LogP contribution < -0.4 is 14.4 Å². The van der Waals surface area contributed by atoms with Crippen LogP contribution in [-0.2, 0) is 32.6 Å². The molecule has 9 heteroatoms. The van der Waals surface area contributed by atoms with E-state index in [-0.39, 0.29) is 18.5 Å². The van der Waals surface area contributed by atoms with E-state index in [0.717, 1.165) is 59.4 Å². The Morgan fingerprint density at radius 1 is 0.929 bits per heavy atom. The van der Waals surface area contributed by atoms with Gasteiger partial charge in [0.15, 0.2) is 0 Å². The van der Waals surface area contributed by atoms with E-state index in [9.17, 15) is 18.0 Å². The molecule has 0 aromatic heterocycles. The van der Waals surface area contributed by atoms with Crippen LogP contribution >= 0.6 is 0 Å². The summed E-state index contributed by atoms with van der Waals surface area (Å²) < 4.78 is 32.4. The van der Waals surface area contributed by atoms with Gasteiger partial charge < -0.3 is 15.0 Å². The third kappa shape index (κ3) is 8.58. The fourth-order valence-corrected chi connectivity index (χ4v) is 6.30. The highest BCUT2D eigenvalue weighted by atomic mass is 32.2. The van der Waals surface area contributed by atoms with Crippen molar-refractivity contribution >= 4 is 27.5 Å². The molecule has 0 aliphatic heterocycles. The Morgan fingerprint density at radius 3 is 2.29 bits per heavy atom. The number of sulfonamides is 1. The lowest BCUT2D eigenvalue weighted by Gasteiger charge is -2.35. The quantitative estimate of drug-likeness (QED) is 0.325. The van der Waals surface area contributed by atoms with E-state index in [4.69, 9.17) is 4.74 Å². The number of hydrogen-bond donors (Lipinski definition) is 1. The van der Waals surface area contributed by atoms with Crippen LogP contribution in [0.5, 0.6) is 5.75 Å². The van der Waals surface area contributed by atoms with Crippen molar-refractivity contribution in [1.82, 2.24) is 10.2 Å². The SMILES string of the molecule is COc1cccc(CN(C(=O)CN(c2cccc(C)c2)S(C)(=O)=O)C(Cc2ccccc2)C(=O)NC2CCCCC2)c1. The summed E-state index contributed by atoms with van der Waals surface area (Å²) in [5.41, 5.74) is 2.95. The molecule has 1 aliphatic carbocycles. The lowest BCUT2D eigenvalue weighted by molar-refractivity contribution is -0.140. The molecule has 3 aromatic rings. The van der Waals surface area contributed by atoms with Crippen molar-refractivity contribution in [3.63, 3.8) is 0 Å². The lowest BCUT2D eigenvalue weighted by atomic mass is 9.94. The van der Waals surface area contributed by atoms with Crippen molar-refractivity contribution < 1.29 is 22.7 Å². The largest absolute Gasteiger partial charge is 0.497 e. The Bertz CT molecular complexity index is 1460. The molecule has 1 N–H and O–H groups in total. The van der Waals surface area contributed by atoms with Gasteiger partial charge in [-0.1, -0.05) is 73.9 Å². The van der Waals surface area contributed by atoms with Crippen LogP contribution in [0.15, 0.2) is 78.9 Å². The summed E-state index contributed by atoms with van der Waals surface area (Å²) >= 11 is 0. The molecule has 1 saturated carbocycles. The number of nitrogens with zero attached hydrogens (tertiary/aromatic N) is 2. The average molecular weight is 592 g/mol. The van der Waals surface area contributed by atoms with Crippen LogP contribution in [0.25, 0.3) is 0 Å². The Hall–Kier alpha value is -3.85. The molecular formula is C33H41N3O5S. The maximum absolute atomic E-state index is 14.3. The molecule has 0 heterocycles. The number of ether oxygens (including phenoxy) is 1. The van der Waals surface area contributed by atoms with Crippen LogP contribution in [0.3, 0.4) is 0 Å². The first-order valence-corrected chi connectivity index (χ1v) is 16.3. The van der Waals surface area contributed by atoms with E-state index in [1.165, 1.54) is 4.90 Å². The summed E-state index contributed by atoms with van der Waals surface area (Å²) in [5, 5.41) is 3.22. The van der Waals surface area contributed by atoms with Crippen LogP contribution in [0.4, 0.5) is 5.69 Å². The zero-order chi connectivity index (χ0) is 30.1. The number of methoxy groups -OCH3 is 1. The second-order valence-electron chi connectivity index (χ2n) is 11.0. The van der Waals surface area contributed by atoms with Gasteiger partial charge in [-0.25, -0.2) is 8.42 Å². The highest BCUT2D eigenvalue weighted by Crippen LogP contribution is 2.23. The van der Waals surface area contributed by atoms with E-state index >= 15 is 0 Å². The van der Waals surface area contributed by atoms with E-state index in [0.29, 0.717) is 17.9 Å². The van der Waals surface area contributed by atoms with Gasteiger partial charge in [0.05, 0.1) is 19.1 Å². The molecule has 0 bridgehead atoms. The second kappa shape index (κ2) is 14.4. The fourth-order valence-electron chi connectivity index (χ4n) is 5.46. The Balaban J connectivity index is 1.73. The van der Waals surface area contributed by atoms with Crippen molar-refractivity contribution in [2.45, 2.75) is 64.1 Å². The van der Waals surface area contributed by atoms with Crippen LogP contribution in [0.2, 0.25) is 0 Å². The van der Waals surface area contributed by atoms with Crippen LogP contribution in [-0.4, -0.2) is 57.1 Å². The molecular weight excluding hydrogens is 550 g/mol. The summed E-state index contributed by atoms with van der Waals surface area (Å²) in [5.74, 6) is -0.0726. The average Bonchev–Trinajstić information content (AvgIpc) is 2.98. The predicted octanol–water partition coefficient (Wildman–Crippen LogP) is 4.86. The summed E-state index contributed by atoms with van der Waals surface area (Å²) in [6.07, 6.45) is 6.46. The van der Waals surface area contributed by atoms with Crippen LogP contribution in [0.1, 0.15) is 48.8 Å². The molecule has 1 unspecified atom stereocenters. The number of benzene rings is 3. The number of nitrogens with one attached hydrogen (secondary N) is 1. The first-order chi connectivity index (χ1) is 20.1. The summed E-state index contributed by atoms with van der Waals surface area (Å²) in [4.78, 5) is 29.8. The summed E-state index contributed by atoms with van der Waals surface area (Å²) in [7, 11) is -2.24. The van der Waals surface area contributed by atoms with Gasteiger partial charge in [-0.05, 0) is 60.7 Å². The molecule has 42 heavy (non-hydrogen) atoms. The van der Waals surface area contributed by atoms with Crippen molar-refractivity contribution in [1.29, 1.82) is 0 Å².